The van der Waals surface area contributed by atoms with Crippen molar-refractivity contribution in [3.63, 3.8) is 0 Å². The number of esters is 1. The molecule has 9 heteroatoms. The Kier molecular flexibility index (Phi) is 7.75. The molecule has 0 atom stereocenters. The first-order valence-electron chi connectivity index (χ1n) is 8.90. The van der Waals surface area contributed by atoms with Crippen LogP contribution in [0.15, 0.2) is 29.3 Å². The maximum absolute atomic E-state index is 12.1. The molecular weight excluding hydrogens is 363 g/mol. The van der Waals surface area contributed by atoms with Gasteiger partial charge in [-0.1, -0.05) is 12.1 Å². The van der Waals surface area contributed by atoms with E-state index in [2.05, 4.69) is 15.0 Å². The minimum Gasteiger partial charge on any atom is -0.462 e. The van der Waals surface area contributed by atoms with E-state index in [4.69, 9.17) is 10.5 Å². The maximum Gasteiger partial charge on any atom is 0.573 e. The molecule has 0 aromatic heterocycles. The molecule has 1 aliphatic carbocycles. The SMILES string of the molecule is NC(=NCc1ccc(OC(F)(F)F)cc1)NCCCC(=O)OC1CCCC1. The minimum atomic E-state index is -4.71. The van der Waals surface area contributed by atoms with E-state index in [1.807, 2.05) is 0 Å². The highest BCUT2D eigenvalue weighted by Crippen LogP contribution is 2.23. The third-order valence-electron chi connectivity index (χ3n) is 4.05. The van der Waals surface area contributed by atoms with E-state index in [0.29, 0.717) is 24.9 Å². The molecule has 1 saturated carbocycles. The van der Waals surface area contributed by atoms with Crippen LogP contribution in [0.1, 0.15) is 44.1 Å². The third kappa shape index (κ3) is 8.65. The van der Waals surface area contributed by atoms with E-state index in [1.54, 1.807) is 0 Å². The van der Waals surface area contributed by atoms with Crippen LogP contribution in [0, 0.1) is 0 Å². The molecule has 2 rings (SSSR count). The number of nitrogens with zero attached hydrogens (tertiary/aromatic N) is 1. The van der Waals surface area contributed by atoms with Crippen molar-refractivity contribution in [3.8, 4) is 5.75 Å². The van der Waals surface area contributed by atoms with Gasteiger partial charge in [0.25, 0.3) is 0 Å². The van der Waals surface area contributed by atoms with Gasteiger partial charge in [-0.15, -0.1) is 13.2 Å². The molecule has 0 heterocycles. The second kappa shape index (κ2) is 10.0. The number of rotatable bonds is 8. The van der Waals surface area contributed by atoms with E-state index in [1.165, 1.54) is 24.3 Å². The summed E-state index contributed by atoms with van der Waals surface area (Å²) in [5.41, 5.74) is 6.42. The van der Waals surface area contributed by atoms with Gasteiger partial charge in [-0.05, 0) is 49.8 Å². The predicted molar refractivity (Wildman–Crippen MR) is 94.0 cm³/mol. The number of hydrogen-bond donors (Lipinski definition) is 2. The molecule has 0 aliphatic heterocycles. The van der Waals surface area contributed by atoms with Crippen LogP contribution in [0.2, 0.25) is 0 Å². The molecule has 0 amide bonds. The molecule has 0 radical (unpaired) electrons. The van der Waals surface area contributed by atoms with Gasteiger partial charge in [-0.2, -0.15) is 0 Å². The molecule has 150 valence electrons. The van der Waals surface area contributed by atoms with Crippen LogP contribution in [0.25, 0.3) is 0 Å². The van der Waals surface area contributed by atoms with E-state index in [0.717, 1.165) is 25.7 Å². The minimum absolute atomic E-state index is 0.0741. The number of ether oxygens (including phenoxy) is 2. The van der Waals surface area contributed by atoms with Crippen LogP contribution in [0.5, 0.6) is 5.75 Å². The van der Waals surface area contributed by atoms with Gasteiger partial charge in [0.05, 0.1) is 6.54 Å². The van der Waals surface area contributed by atoms with Crippen LogP contribution < -0.4 is 15.8 Å². The number of halogens is 3. The summed E-state index contributed by atoms with van der Waals surface area (Å²) in [6.45, 7) is 0.697. The number of guanidine groups is 1. The average Bonchev–Trinajstić information content (AvgIpc) is 3.09. The van der Waals surface area contributed by atoms with Gasteiger partial charge in [0.15, 0.2) is 5.96 Å². The Morgan fingerprint density at radius 1 is 1.22 bits per heavy atom. The fourth-order valence-electron chi connectivity index (χ4n) is 2.73. The van der Waals surface area contributed by atoms with Crippen molar-refractivity contribution < 1.29 is 27.4 Å². The van der Waals surface area contributed by atoms with Gasteiger partial charge in [0.1, 0.15) is 11.9 Å². The molecule has 1 fully saturated rings. The highest BCUT2D eigenvalue weighted by molar-refractivity contribution is 5.77. The molecule has 0 saturated heterocycles. The second-order valence-corrected chi connectivity index (χ2v) is 6.32. The molecule has 3 N–H and O–H groups in total. The van der Waals surface area contributed by atoms with Crippen LogP contribution in [0.3, 0.4) is 0 Å². The van der Waals surface area contributed by atoms with Crippen molar-refractivity contribution in [2.45, 2.75) is 57.5 Å². The normalized spacial score (nSPS) is 15.6. The summed E-state index contributed by atoms with van der Waals surface area (Å²) in [4.78, 5) is 15.8. The van der Waals surface area contributed by atoms with Crippen molar-refractivity contribution in [3.05, 3.63) is 29.8 Å². The molecule has 1 aliphatic rings. The lowest BCUT2D eigenvalue weighted by Gasteiger charge is -2.11. The topological polar surface area (TPSA) is 85.9 Å². The Balaban J connectivity index is 1.63. The number of alkyl halides is 3. The smallest absolute Gasteiger partial charge is 0.462 e. The monoisotopic (exact) mass is 387 g/mol. The van der Waals surface area contributed by atoms with Gasteiger partial charge < -0.3 is 20.5 Å². The predicted octanol–water partition coefficient (Wildman–Crippen LogP) is 3.26. The van der Waals surface area contributed by atoms with Crippen LogP contribution >= 0.6 is 0 Å². The Labute approximate surface area is 155 Å². The first kappa shape index (κ1) is 20.9. The van der Waals surface area contributed by atoms with Gasteiger partial charge in [-0.3, -0.25) is 4.79 Å². The fraction of sp³-hybridized carbons (Fsp3) is 0.556. The number of carbonyl (C=O) groups excluding carboxylic acids is 1. The van der Waals surface area contributed by atoms with Crippen LogP contribution in [0.4, 0.5) is 13.2 Å². The van der Waals surface area contributed by atoms with Gasteiger partial charge in [-0.25, -0.2) is 4.99 Å². The summed E-state index contributed by atoms with van der Waals surface area (Å²) in [5.74, 6) is -0.277. The maximum atomic E-state index is 12.1. The molecule has 0 bridgehead atoms. The molecule has 0 unspecified atom stereocenters. The number of carbonyl (C=O) groups is 1. The van der Waals surface area contributed by atoms with Crippen LogP contribution in [-0.2, 0) is 16.1 Å². The Morgan fingerprint density at radius 2 is 1.89 bits per heavy atom. The first-order chi connectivity index (χ1) is 12.8. The van der Waals surface area contributed by atoms with Gasteiger partial charge in [0.2, 0.25) is 0 Å². The van der Waals surface area contributed by atoms with Gasteiger partial charge >= 0.3 is 12.3 Å². The highest BCUT2D eigenvalue weighted by Gasteiger charge is 2.30. The van der Waals surface area contributed by atoms with E-state index < -0.39 is 6.36 Å². The Morgan fingerprint density at radius 3 is 2.52 bits per heavy atom. The number of nitrogens with one attached hydrogen (secondary N) is 1. The summed E-state index contributed by atoms with van der Waals surface area (Å²) in [6.07, 6.45) is 0.389. The molecular formula is C18H24F3N3O3. The standard InChI is InChI=1S/C18H24F3N3O3/c19-18(20,21)27-15-9-7-13(8-10-15)12-24-17(22)23-11-3-6-16(25)26-14-4-1-2-5-14/h7-10,14H,1-6,11-12H2,(H3,22,23,24). The highest BCUT2D eigenvalue weighted by atomic mass is 19.4. The number of benzene rings is 1. The number of hydrogen-bond acceptors (Lipinski definition) is 4. The molecule has 0 spiro atoms. The molecule has 1 aromatic carbocycles. The lowest BCUT2D eigenvalue weighted by Crippen LogP contribution is -2.32. The van der Waals surface area contributed by atoms with E-state index in [-0.39, 0.29) is 30.3 Å². The molecule has 1 aromatic rings. The number of nitrogens with two attached hydrogens (primary N) is 1. The van der Waals surface area contributed by atoms with Crippen molar-refractivity contribution in [1.82, 2.24) is 5.32 Å². The quantitative estimate of drug-likeness (QED) is 0.310. The van der Waals surface area contributed by atoms with Crippen molar-refractivity contribution in [2.24, 2.45) is 10.7 Å². The summed E-state index contributed by atoms with van der Waals surface area (Å²) in [6, 6.07) is 5.41. The Hall–Kier alpha value is -2.45. The van der Waals surface area contributed by atoms with E-state index >= 15 is 0 Å². The molecule has 27 heavy (non-hydrogen) atoms. The van der Waals surface area contributed by atoms with Crippen LogP contribution in [-0.4, -0.2) is 30.9 Å². The zero-order chi connectivity index (χ0) is 19.7. The lowest BCUT2D eigenvalue weighted by atomic mass is 10.2. The zero-order valence-electron chi connectivity index (χ0n) is 14.9. The largest absolute Gasteiger partial charge is 0.573 e. The lowest BCUT2D eigenvalue weighted by molar-refractivity contribution is -0.274. The van der Waals surface area contributed by atoms with Crippen molar-refractivity contribution in [2.75, 3.05) is 6.54 Å². The Bertz CT molecular complexity index is 627. The molecule has 6 nitrogen and oxygen atoms in total. The van der Waals surface area contributed by atoms with E-state index in [9.17, 15) is 18.0 Å². The fourth-order valence-corrected chi connectivity index (χ4v) is 2.73. The van der Waals surface area contributed by atoms with Gasteiger partial charge in [0, 0.05) is 13.0 Å². The average molecular weight is 387 g/mol. The summed E-state index contributed by atoms with van der Waals surface area (Å²) in [7, 11) is 0. The zero-order valence-corrected chi connectivity index (χ0v) is 14.9. The number of aliphatic imine (C=N–C) groups is 1. The summed E-state index contributed by atoms with van der Waals surface area (Å²) < 4.78 is 45.4. The summed E-state index contributed by atoms with van der Waals surface area (Å²) >= 11 is 0. The summed E-state index contributed by atoms with van der Waals surface area (Å²) in [5, 5.41) is 2.89. The third-order valence-corrected chi connectivity index (χ3v) is 4.05. The second-order valence-electron chi connectivity index (χ2n) is 6.32. The van der Waals surface area contributed by atoms with Crippen molar-refractivity contribution >= 4 is 11.9 Å². The first-order valence-corrected chi connectivity index (χ1v) is 8.90. The van der Waals surface area contributed by atoms with Crippen molar-refractivity contribution in [1.29, 1.82) is 0 Å².